The lowest BCUT2D eigenvalue weighted by Gasteiger charge is -2.17. The van der Waals surface area contributed by atoms with Gasteiger partial charge in [0.25, 0.3) is 5.91 Å². The van der Waals surface area contributed by atoms with Crippen molar-refractivity contribution in [3.05, 3.63) is 29.6 Å². The van der Waals surface area contributed by atoms with Gasteiger partial charge in [0, 0.05) is 25.7 Å². The molecule has 0 radical (unpaired) electrons. The highest BCUT2D eigenvalue weighted by Crippen LogP contribution is 2.13. The van der Waals surface area contributed by atoms with Gasteiger partial charge in [-0.3, -0.25) is 4.79 Å². The number of nitrogens with zero attached hydrogens (tertiary/aromatic N) is 1. The van der Waals surface area contributed by atoms with Gasteiger partial charge in [-0.1, -0.05) is 0 Å². The third-order valence-corrected chi connectivity index (χ3v) is 2.79. The van der Waals surface area contributed by atoms with Crippen molar-refractivity contribution in [1.82, 2.24) is 10.2 Å². The van der Waals surface area contributed by atoms with Crippen LogP contribution < -0.4 is 11.1 Å². The van der Waals surface area contributed by atoms with Crippen molar-refractivity contribution in [1.29, 1.82) is 0 Å². The molecular weight excluding hydrogens is 265 g/mol. The summed E-state index contributed by atoms with van der Waals surface area (Å²) in [6.07, 6.45) is 0.215. The van der Waals surface area contributed by atoms with E-state index < -0.39 is 11.9 Å². The van der Waals surface area contributed by atoms with Gasteiger partial charge < -0.3 is 21.1 Å². The molecule has 4 N–H and O–H groups in total. The van der Waals surface area contributed by atoms with E-state index in [-0.39, 0.29) is 17.2 Å². The van der Waals surface area contributed by atoms with Gasteiger partial charge >= 0.3 is 6.09 Å². The third-order valence-electron chi connectivity index (χ3n) is 2.79. The van der Waals surface area contributed by atoms with Gasteiger partial charge in [0.05, 0.1) is 5.69 Å². The van der Waals surface area contributed by atoms with Crippen LogP contribution in [0.4, 0.5) is 14.9 Å². The van der Waals surface area contributed by atoms with Crippen LogP contribution in [0, 0.1) is 5.82 Å². The van der Waals surface area contributed by atoms with Crippen LogP contribution in [0.15, 0.2) is 18.2 Å². The molecule has 1 aromatic carbocycles. The zero-order valence-corrected chi connectivity index (χ0v) is 11.2. The minimum absolute atomic E-state index is 0.00366. The molecule has 1 rings (SSSR count). The maximum Gasteiger partial charge on any atom is 0.404 e. The Hall–Kier alpha value is -2.31. The predicted molar refractivity (Wildman–Crippen MR) is 73.0 cm³/mol. The van der Waals surface area contributed by atoms with Gasteiger partial charge in [0.15, 0.2) is 0 Å². The SMILES string of the molecule is CN(CCCCNC(=O)O)C(=O)c1ccc(N)c(F)c1. The van der Waals surface area contributed by atoms with Crippen molar-refractivity contribution >= 4 is 17.7 Å². The number of rotatable bonds is 6. The summed E-state index contributed by atoms with van der Waals surface area (Å²) in [7, 11) is 1.61. The Morgan fingerprint density at radius 2 is 2.10 bits per heavy atom. The summed E-state index contributed by atoms with van der Waals surface area (Å²) < 4.78 is 13.3. The summed E-state index contributed by atoms with van der Waals surface area (Å²) in [6.45, 7) is 0.806. The van der Waals surface area contributed by atoms with Crippen molar-refractivity contribution in [2.24, 2.45) is 0 Å². The van der Waals surface area contributed by atoms with Gasteiger partial charge in [-0.2, -0.15) is 0 Å². The van der Waals surface area contributed by atoms with E-state index in [9.17, 15) is 14.0 Å². The van der Waals surface area contributed by atoms with E-state index >= 15 is 0 Å². The number of hydrogen-bond donors (Lipinski definition) is 3. The Morgan fingerprint density at radius 3 is 2.70 bits per heavy atom. The zero-order chi connectivity index (χ0) is 15.1. The molecule has 6 nitrogen and oxygen atoms in total. The molecule has 0 unspecified atom stereocenters. The molecular formula is C13H18FN3O3. The second kappa shape index (κ2) is 7.32. The number of halogens is 1. The lowest BCUT2D eigenvalue weighted by molar-refractivity contribution is 0.0792. The number of unbranched alkanes of at least 4 members (excludes halogenated alkanes) is 1. The summed E-state index contributed by atoms with van der Waals surface area (Å²) in [5.41, 5.74) is 5.59. The molecule has 20 heavy (non-hydrogen) atoms. The number of hydrogen-bond acceptors (Lipinski definition) is 3. The van der Waals surface area contributed by atoms with E-state index in [0.717, 1.165) is 6.07 Å². The molecule has 0 aromatic heterocycles. The van der Waals surface area contributed by atoms with Crippen molar-refractivity contribution < 1.29 is 19.1 Å². The highest BCUT2D eigenvalue weighted by atomic mass is 19.1. The normalized spacial score (nSPS) is 10.1. The van der Waals surface area contributed by atoms with Crippen LogP contribution in [0.3, 0.4) is 0 Å². The quantitative estimate of drug-likeness (QED) is 0.545. The minimum atomic E-state index is -1.06. The third kappa shape index (κ3) is 4.75. The van der Waals surface area contributed by atoms with Gasteiger partial charge in [0.1, 0.15) is 5.82 Å². The van der Waals surface area contributed by atoms with E-state index in [0.29, 0.717) is 25.9 Å². The van der Waals surface area contributed by atoms with Crippen molar-refractivity contribution in [2.75, 3.05) is 25.9 Å². The summed E-state index contributed by atoms with van der Waals surface area (Å²) in [5, 5.41) is 10.6. The van der Waals surface area contributed by atoms with E-state index in [4.69, 9.17) is 10.8 Å². The number of benzene rings is 1. The van der Waals surface area contributed by atoms with Crippen molar-refractivity contribution in [3.8, 4) is 0 Å². The summed E-state index contributed by atoms with van der Waals surface area (Å²) in [5.74, 6) is -0.912. The van der Waals surface area contributed by atoms with Crippen LogP contribution in [0.5, 0.6) is 0 Å². The van der Waals surface area contributed by atoms with E-state index in [1.807, 2.05) is 0 Å². The molecule has 0 atom stereocenters. The molecule has 0 aliphatic carbocycles. The molecule has 0 heterocycles. The lowest BCUT2D eigenvalue weighted by Crippen LogP contribution is -2.29. The van der Waals surface area contributed by atoms with E-state index in [1.165, 1.54) is 17.0 Å². The number of nitrogens with two attached hydrogens (primary N) is 1. The number of carbonyl (C=O) groups is 2. The van der Waals surface area contributed by atoms with Crippen LogP contribution in [0.25, 0.3) is 0 Å². The Bertz CT molecular complexity index is 494. The van der Waals surface area contributed by atoms with E-state index in [1.54, 1.807) is 7.05 Å². The second-order valence-corrected chi connectivity index (χ2v) is 4.40. The van der Waals surface area contributed by atoms with Crippen LogP contribution in [0.1, 0.15) is 23.2 Å². The Labute approximate surface area is 116 Å². The molecule has 0 aliphatic rings. The first-order valence-electron chi connectivity index (χ1n) is 6.19. The number of nitrogens with one attached hydrogen (secondary N) is 1. The molecule has 0 saturated heterocycles. The minimum Gasteiger partial charge on any atom is -0.465 e. The first kappa shape index (κ1) is 15.7. The molecule has 0 saturated carbocycles. The van der Waals surface area contributed by atoms with Gasteiger partial charge in [-0.15, -0.1) is 0 Å². The average Bonchev–Trinajstić information content (AvgIpc) is 2.40. The maximum atomic E-state index is 13.3. The number of nitrogen functional groups attached to an aromatic ring is 1. The Morgan fingerprint density at radius 1 is 1.40 bits per heavy atom. The highest BCUT2D eigenvalue weighted by molar-refractivity contribution is 5.94. The fourth-order valence-corrected chi connectivity index (χ4v) is 1.65. The topological polar surface area (TPSA) is 95.7 Å². The van der Waals surface area contributed by atoms with Gasteiger partial charge in [-0.05, 0) is 31.0 Å². The summed E-state index contributed by atoms with van der Waals surface area (Å²) >= 11 is 0. The molecule has 0 spiro atoms. The first-order valence-corrected chi connectivity index (χ1v) is 6.19. The second-order valence-electron chi connectivity index (χ2n) is 4.40. The molecule has 0 fully saturated rings. The highest BCUT2D eigenvalue weighted by Gasteiger charge is 2.12. The average molecular weight is 283 g/mol. The molecule has 7 heteroatoms. The smallest absolute Gasteiger partial charge is 0.404 e. The van der Waals surface area contributed by atoms with Gasteiger partial charge in [-0.25, -0.2) is 9.18 Å². The summed E-state index contributed by atoms with van der Waals surface area (Å²) in [4.78, 5) is 23.7. The fraction of sp³-hybridized carbons (Fsp3) is 0.385. The first-order chi connectivity index (χ1) is 9.41. The molecule has 0 aliphatic heterocycles. The number of anilines is 1. The van der Waals surface area contributed by atoms with Crippen LogP contribution in [-0.4, -0.2) is 42.1 Å². The number of carbonyl (C=O) groups excluding carboxylic acids is 1. The molecule has 1 aromatic rings. The maximum absolute atomic E-state index is 13.3. The van der Waals surface area contributed by atoms with Crippen LogP contribution >= 0.6 is 0 Å². The van der Waals surface area contributed by atoms with Gasteiger partial charge in [0.2, 0.25) is 0 Å². The number of carboxylic acid groups (broad SMARTS) is 1. The van der Waals surface area contributed by atoms with Crippen molar-refractivity contribution in [2.45, 2.75) is 12.8 Å². The fourth-order valence-electron chi connectivity index (χ4n) is 1.65. The monoisotopic (exact) mass is 283 g/mol. The zero-order valence-electron chi connectivity index (χ0n) is 11.2. The Kier molecular flexibility index (Phi) is 5.76. The molecule has 0 bridgehead atoms. The molecule has 110 valence electrons. The number of amides is 2. The predicted octanol–water partition coefficient (Wildman–Crippen LogP) is 1.53. The Balaban J connectivity index is 2.42. The van der Waals surface area contributed by atoms with Crippen LogP contribution in [0.2, 0.25) is 0 Å². The molecule has 2 amide bonds. The summed E-state index contributed by atoms with van der Waals surface area (Å²) in [6, 6.07) is 3.94. The largest absolute Gasteiger partial charge is 0.465 e. The standard InChI is InChI=1S/C13H18FN3O3/c1-17(7-3-2-6-16-13(19)20)12(18)9-4-5-11(15)10(14)8-9/h4-5,8,16H,2-3,6-7,15H2,1H3,(H,19,20). The lowest BCUT2D eigenvalue weighted by atomic mass is 10.1. The van der Waals surface area contributed by atoms with Crippen molar-refractivity contribution in [3.63, 3.8) is 0 Å². The van der Waals surface area contributed by atoms with Crippen LogP contribution in [-0.2, 0) is 0 Å². The van der Waals surface area contributed by atoms with E-state index in [2.05, 4.69) is 5.32 Å².